The number of nitrogens with one attached hydrogen (secondary N) is 1. The summed E-state index contributed by atoms with van der Waals surface area (Å²) in [5, 5.41) is 7.59. The van der Waals surface area contributed by atoms with E-state index in [1.54, 1.807) is 0 Å². The fourth-order valence-corrected chi connectivity index (χ4v) is 1.25. The van der Waals surface area contributed by atoms with Gasteiger partial charge in [-0.3, -0.25) is 0 Å². The molecule has 0 radical (unpaired) electrons. The van der Waals surface area contributed by atoms with Crippen LogP contribution in [0.2, 0.25) is 0 Å². The third-order valence-corrected chi connectivity index (χ3v) is 2.78. The minimum absolute atomic E-state index is 0.0395. The fourth-order valence-electron chi connectivity index (χ4n) is 1.25. The molecule has 0 saturated carbocycles. The van der Waals surface area contributed by atoms with Gasteiger partial charge in [0.25, 0.3) is 0 Å². The lowest BCUT2D eigenvalue weighted by Crippen LogP contribution is -2.32. The van der Waals surface area contributed by atoms with E-state index in [1.165, 1.54) is 6.42 Å². The van der Waals surface area contributed by atoms with Gasteiger partial charge in [0.05, 0.1) is 6.61 Å². The summed E-state index contributed by atoms with van der Waals surface area (Å²) >= 11 is 0. The smallest absolute Gasteiger partial charge is 0.157 e. The maximum atomic E-state index is 7.59. The summed E-state index contributed by atoms with van der Waals surface area (Å²) in [5.41, 5.74) is 0.495. The molecule has 14 heavy (non-hydrogen) atoms. The number of rotatable bonds is 4. The molecule has 3 nitrogen and oxygen atoms in total. The minimum Gasteiger partial charge on any atom is -0.353 e. The predicted molar refractivity (Wildman–Crippen MR) is 56.7 cm³/mol. The zero-order valence-electron chi connectivity index (χ0n) is 9.43. The molecule has 82 valence electrons. The zero-order valence-corrected chi connectivity index (χ0v) is 9.43. The molecule has 1 N–H and O–H groups in total. The SMILES string of the molecule is CC(=N)C(C)(C)COC1CCCCO1. The van der Waals surface area contributed by atoms with Crippen LogP contribution in [0.15, 0.2) is 0 Å². The van der Waals surface area contributed by atoms with Crippen LogP contribution in [0.25, 0.3) is 0 Å². The molecule has 0 bridgehead atoms. The summed E-state index contributed by atoms with van der Waals surface area (Å²) in [6.45, 7) is 7.27. The second-order valence-electron chi connectivity index (χ2n) is 4.62. The summed E-state index contributed by atoms with van der Waals surface area (Å²) in [4.78, 5) is 0. The molecule has 1 saturated heterocycles. The number of hydrogen-bond donors (Lipinski definition) is 1. The van der Waals surface area contributed by atoms with Crippen molar-refractivity contribution in [3.8, 4) is 0 Å². The van der Waals surface area contributed by atoms with Crippen molar-refractivity contribution in [2.24, 2.45) is 5.41 Å². The van der Waals surface area contributed by atoms with Gasteiger partial charge < -0.3 is 14.9 Å². The van der Waals surface area contributed by atoms with Crippen LogP contribution in [-0.4, -0.2) is 25.2 Å². The van der Waals surface area contributed by atoms with Gasteiger partial charge in [0.15, 0.2) is 6.29 Å². The largest absolute Gasteiger partial charge is 0.353 e. The van der Waals surface area contributed by atoms with Gasteiger partial charge in [-0.2, -0.15) is 0 Å². The average Bonchev–Trinajstić information content (AvgIpc) is 2.16. The molecule has 1 unspecified atom stereocenters. The molecule has 1 aliphatic heterocycles. The Hall–Kier alpha value is -0.410. The fraction of sp³-hybridized carbons (Fsp3) is 0.909. The van der Waals surface area contributed by atoms with E-state index < -0.39 is 0 Å². The van der Waals surface area contributed by atoms with Gasteiger partial charge in [-0.15, -0.1) is 0 Å². The first-order valence-corrected chi connectivity index (χ1v) is 5.31. The Bertz CT molecular complexity index is 195. The second-order valence-corrected chi connectivity index (χ2v) is 4.62. The van der Waals surface area contributed by atoms with Crippen LogP contribution in [0.5, 0.6) is 0 Å². The second kappa shape index (κ2) is 4.89. The monoisotopic (exact) mass is 199 g/mol. The predicted octanol–water partition coefficient (Wildman–Crippen LogP) is 2.60. The molecule has 0 aromatic carbocycles. The lowest BCUT2D eigenvalue weighted by molar-refractivity contribution is -0.171. The highest BCUT2D eigenvalue weighted by Gasteiger charge is 2.23. The first-order valence-electron chi connectivity index (χ1n) is 5.31. The van der Waals surface area contributed by atoms with Crippen molar-refractivity contribution < 1.29 is 9.47 Å². The highest BCUT2D eigenvalue weighted by atomic mass is 16.7. The van der Waals surface area contributed by atoms with Crippen LogP contribution in [0.4, 0.5) is 0 Å². The summed E-state index contributed by atoms with van der Waals surface area (Å²) in [6.07, 6.45) is 3.29. The van der Waals surface area contributed by atoms with Crippen LogP contribution < -0.4 is 0 Å². The van der Waals surface area contributed by atoms with Crippen LogP contribution >= 0.6 is 0 Å². The van der Waals surface area contributed by atoms with E-state index in [2.05, 4.69) is 0 Å². The third kappa shape index (κ3) is 3.39. The van der Waals surface area contributed by atoms with Crippen LogP contribution in [0.1, 0.15) is 40.0 Å². The van der Waals surface area contributed by atoms with Crippen molar-refractivity contribution in [2.75, 3.05) is 13.2 Å². The quantitative estimate of drug-likeness (QED) is 0.707. The molecule has 1 aliphatic rings. The Labute approximate surface area is 86.3 Å². The van der Waals surface area contributed by atoms with Crippen LogP contribution in [-0.2, 0) is 9.47 Å². The average molecular weight is 199 g/mol. The van der Waals surface area contributed by atoms with Gasteiger partial charge in [-0.25, -0.2) is 0 Å². The Morgan fingerprint density at radius 3 is 2.71 bits per heavy atom. The Balaban J connectivity index is 2.28. The van der Waals surface area contributed by atoms with Crippen molar-refractivity contribution >= 4 is 5.71 Å². The molecule has 0 aliphatic carbocycles. The summed E-state index contributed by atoms with van der Waals surface area (Å²) in [6, 6.07) is 0. The molecule has 1 fully saturated rings. The summed E-state index contributed by atoms with van der Waals surface area (Å²) in [7, 11) is 0. The van der Waals surface area contributed by atoms with E-state index in [1.807, 2.05) is 20.8 Å². The van der Waals surface area contributed by atoms with Crippen molar-refractivity contribution in [1.29, 1.82) is 5.41 Å². The van der Waals surface area contributed by atoms with Gasteiger partial charge in [-0.1, -0.05) is 13.8 Å². The third-order valence-electron chi connectivity index (χ3n) is 2.78. The maximum Gasteiger partial charge on any atom is 0.157 e. The van der Waals surface area contributed by atoms with E-state index in [4.69, 9.17) is 14.9 Å². The summed E-state index contributed by atoms with van der Waals surface area (Å²) < 4.78 is 11.1. The molecule has 1 heterocycles. The first kappa shape index (κ1) is 11.7. The standard InChI is InChI=1S/C11H21NO2/c1-9(12)11(2,3)8-14-10-6-4-5-7-13-10/h10,12H,4-8H2,1-3H3. The normalized spacial score (nSPS) is 23.5. The van der Waals surface area contributed by atoms with Gasteiger partial charge >= 0.3 is 0 Å². The molecule has 1 atom stereocenters. The van der Waals surface area contributed by atoms with Crippen molar-refractivity contribution in [1.82, 2.24) is 0 Å². The highest BCUT2D eigenvalue weighted by molar-refractivity contribution is 5.84. The molecular formula is C11H21NO2. The van der Waals surface area contributed by atoms with E-state index in [0.29, 0.717) is 12.3 Å². The molecule has 0 amide bonds. The van der Waals surface area contributed by atoms with Crippen molar-refractivity contribution in [3.05, 3.63) is 0 Å². The van der Waals surface area contributed by atoms with Crippen molar-refractivity contribution in [2.45, 2.75) is 46.3 Å². The van der Waals surface area contributed by atoms with Gasteiger partial charge in [0.2, 0.25) is 0 Å². The highest BCUT2D eigenvalue weighted by Crippen LogP contribution is 2.21. The van der Waals surface area contributed by atoms with E-state index >= 15 is 0 Å². The topological polar surface area (TPSA) is 42.3 Å². The Morgan fingerprint density at radius 1 is 1.50 bits per heavy atom. The Kier molecular flexibility index (Phi) is 4.08. The van der Waals surface area contributed by atoms with Crippen LogP contribution in [0, 0.1) is 10.8 Å². The lowest BCUT2D eigenvalue weighted by Gasteiger charge is -2.28. The molecule has 0 aromatic rings. The van der Waals surface area contributed by atoms with Gasteiger partial charge in [0, 0.05) is 17.7 Å². The molecular weight excluding hydrogens is 178 g/mol. The summed E-state index contributed by atoms with van der Waals surface area (Å²) in [5.74, 6) is 0. The molecule has 3 heteroatoms. The van der Waals surface area contributed by atoms with Gasteiger partial charge in [-0.05, 0) is 26.2 Å². The van der Waals surface area contributed by atoms with E-state index in [-0.39, 0.29) is 11.7 Å². The lowest BCUT2D eigenvalue weighted by atomic mass is 9.89. The van der Waals surface area contributed by atoms with Gasteiger partial charge in [0.1, 0.15) is 0 Å². The van der Waals surface area contributed by atoms with E-state index in [9.17, 15) is 0 Å². The number of ether oxygens (including phenoxy) is 2. The molecule has 0 aromatic heterocycles. The molecule has 1 rings (SSSR count). The number of hydrogen-bond acceptors (Lipinski definition) is 3. The van der Waals surface area contributed by atoms with Crippen LogP contribution in [0.3, 0.4) is 0 Å². The Morgan fingerprint density at radius 2 is 2.21 bits per heavy atom. The first-order chi connectivity index (χ1) is 6.52. The van der Waals surface area contributed by atoms with E-state index in [0.717, 1.165) is 19.4 Å². The molecule has 0 spiro atoms. The van der Waals surface area contributed by atoms with Crippen molar-refractivity contribution in [3.63, 3.8) is 0 Å². The zero-order chi connectivity index (χ0) is 10.6. The minimum atomic E-state index is -0.166. The maximum absolute atomic E-state index is 7.59.